The van der Waals surface area contributed by atoms with Crippen LogP contribution in [0.4, 0.5) is 0 Å². The molecule has 0 aliphatic carbocycles. The van der Waals surface area contributed by atoms with E-state index in [1.54, 1.807) is 0 Å². The van der Waals surface area contributed by atoms with E-state index in [-0.39, 0.29) is 0 Å². The molecule has 0 aromatic carbocycles. The van der Waals surface area contributed by atoms with Gasteiger partial charge in [-0.3, -0.25) is 4.98 Å². The molecule has 1 fully saturated rings. The Morgan fingerprint density at radius 2 is 2.53 bits per heavy atom. The molecular weight excluding hydrogens is 186 g/mol. The molecular formula is C12H19N3. The van der Waals surface area contributed by atoms with Crippen molar-refractivity contribution in [1.82, 2.24) is 15.6 Å². The minimum Gasteiger partial charge on any atom is -0.315 e. The van der Waals surface area contributed by atoms with E-state index in [9.17, 15) is 0 Å². The number of nitrogens with zero attached hydrogens (tertiary/aromatic N) is 1. The topological polar surface area (TPSA) is 37.0 Å². The third-order valence-electron chi connectivity index (χ3n) is 3.03. The fourth-order valence-corrected chi connectivity index (χ4v) is 1.96. The van der Waals surface area contributed by atoms with E-state index >= 15 is 0 Å². The van der Waals surface area contributed by atoms with Crippen LogP contribution < -0.4 is 10.6 Å². The number of piperidine rings is 1. The fraction of sp³-hybridized carbons (Fsp3) is 0.583. The number of hydrogen-bond donors (Lipinski definition) is 2. The molecule has 0 amide bonds. The van der Waals surface area contributed by atoms with Crippen molar-refractivity contribution in [2.75, 3.05) is 13.1 Å². The smallest absolute Gasteiger partial charge is 0.0315 e. The Kier molecular flexibility index (Phi) is 3.69. The molecule has 1 aliphatic rings. The van der Waals surface area contributed by atoms with Crippen molar-refractivity contribution >= 4 is 0 Å². The highest BCUT2D eigenvalue weighted by Gasteiger charge is 2.11. The minimum atomic E-state index is 0.623. The molecule has 82 valence electrons. The van der Waals surface area contributed by atoms with Crippen LogP contribution in [0, 0.1) is 6.92 Å². The molecule has 3 nitrogen and oxygen atoms in total. The second-order valence-electron chi connectivity index (χ2n) is 4.23. The summed E-state index contributed by atoms with van der Waals surface area (Å²) in [6.45, 7) is 5.34. The first-order valence-electron chi connectivity index (χ1n) is 5.70. The molecule has 1 unspecified atom stereocenters. The van der Waals surface area contributed by atoms with Crippen LogP contribution in [-0.2, 0) is 6.54 Å². The lowest BCUT2D eigenvalue weighted by Crippen LogP contribution is -2.42. The van der Waals surface area contributed by atoms with Gasteiger partial charge >= 0.3 is 0 Å². The maximum Gasteiger partial charge on any atom is 0.0315 e. The Bertz CT molecular complexity index is 305. The lowest BCUT2D eigenvalue weighted by Gasteiger charge is -2.24. The van der Waals surface area contributed by atoms with Gasteiger partial charge < -0.3 is 10.6 Å². The van der Waals surface area contributed by atoms with Crippen LogP contribution in [-0.4, -0.2) is 24.1 Å². The van der Waals surface area contributed by atoms with E-state index in [0.717, 1.165) is 13.1 Å². The molecule has 0 spiro atoms. The van der Waals surface area contributed by atoms with E-state index in [0.29, 0.717) is 6.04 Å². The summed E-state index contributed by atoms with van der Waals surface area (Å²) in [5.74, 6) is 0. The first kappa shape index (κ1) is 10.6. The van der Waals surface area contributed by atoms with Crippen LogP contribution >= 0.6 is 0 Å². The van der Waals surface area contributed by atoms with Crippen LogP contribution in [0.3, 0.4) is 0 Å². The van der Waals surface area contributed by atoms with Gasteiger partial charge in [-0.2, -0.15) is 0 Å². The molecule has 1 aromatic rings. The van der Waals surface area contributed by atoms with Gasteiger partial charge in [-0.05, 0) is 43.5 Å². The van der Waals surface area contributed by atoms with Gasteiger partial charge in [-0.25, -0.2) is 0 Å². The highest BCUT2D eigenvalue weighted by molar-refractivity contribution is 5.21. The molecule has 1 atom stereocenters. The highest BCUT2D eigenvalue weighted by Crippen LogP contribution is 2.07. The van der Waals surface area contributed by atoms with Gasteiger partial charge in [0.1, 0.15) is 0 Å². The number of rotatable bonds is 3. The average molecular weight is 205 g/mol. The first-order valence-corrected chi connectivity index (χ1v) is 5.70. The Hall–Kier alpha value is -0.930. The van der Waals surface area contributed by atoms with Gasteiger partial charge in [0.15, 0.2) is 0 Å². The van der Waals surface area contributed by atoms with Crippen molar-refractivity contribution < 1.29 is 0 Å². The Morgan fingerprint density at radius 3 is 3.27 bits per heavy atom. The molecule has 1 aliphatic heterocycles. The summed E-state index contributed by atoms with van der Waals surface area (Å²) >= 11 is 0. The molecule has 0 radical (unpaired) electrons. The Morgan fingerprint density at radius 1 is 1.60 bits per heavy atom. The van der Waals surface area contributed by atoms with Gasteiger partial charge in [-0.1, -0.05) is 0 Å². The summed E-state index contributed by atoms with van der Waals surface area (Å²) < 4.78 is 0. The summed E-state index contributed by atoms with van der Waals surface area (Å²) in [6.07, 6.45) is 6.37. The van der Waals surface area contributed by atoms with E-state index in [4.69, 9.17) is 0 Å². The predicted octanol–water partition coefficient (Wildman–Crippen LogP) is 1.23. The summed E-state index contributed by atoms with van der Waals surface area (Å²) in [5.41, 5.74) is 2.63. The molecule has 15 heavy (non-hydrogen) atoms. The van der Waals surface area contributed by atoms with Crippen LogP contribution in [0.25, 0.3) is 0 Å². The number of aromatic nitrogens is 1. The van der Waals surface area contributed by atoms with Gasteiger partial charge in [0, 0.05) is 31.5 Å². The van der Waals surface area contributed by atoms with Crippen LogP contribution in [0.5, 0.6) is 0 Å². The average Bonchev–Trinajstić information content (AvgIpc) is 2.29. The SMILES string of the molecule is Cc1ccncc1CNC1CCCNC1. The predicted molar refractivity (Wildman–Crippen MR) is 61.7 cm³/mol. The summed E-state index contributed by atoms with van der Waals surface area (Å²) in [4.78, 5) is 4.15. The zero-order valence-electron chi connectivity index (χ0n) is 9.29. The molecule has 0 bridgehead atoms. The van der Waals surface area contributed by atoms with E-state index in [1.165, 1.54) is 30.5 Å². The van der Waals surface area contributed by atoms with Crippen molar-refractivity contribution in [3.8, 4) is 0 Å². The second-order valence-corrected chi connectivity index (χ2v) is 4.23. The van der Waals surface area contributed by atoms with Crippen molar-refractivity contribution in [2.45, 2.75) is 32.4 Å². The lowest BCUT2D eigenvalue weighted by atomic mass is 10.1. The third-order valence-corrected chi connectivity index (χ3v) is 3.03. The zero-order chi connectivity index (χ0) is 10.5. The van der Waals surface area contributed by atoms with Gasteiger partial charge in [0.05, 0.1) is 0 Å². The molecule has 1 saturated heterocycles. The van der Waals surface area contributed by atoms with Crippen LogP contribution in [0.2, 0.25) is 0 Å². The fourth-order valence-electron chi connectivity index (χ4n) is 1.96. The molecule has 2 N–H and O–H groups in total. The summed E-state index contributed by atoms with van der Waals surface area (Å²) in [7, 11) is 0. The number of aryl methyl sites for hydroxylation is 1. The summed E-state index contributed by atoms with van der Waals surface area (Å²) in [6, 6.07) is 2.69. The third kappa shape index (κ3) is 3.01. The maximum absolute atomic E-state index is 4.15. The number of hydrogen-bond acceptors (Lipinski definition) is 3. The Balaban J connectivity index is 1.84. The monoisotopic (exact) mass is 205 g/mol. The van der Waals surface area contributed by atoms with Gasteiger partial charge in [0.2, 0.25) is 0 Å². The molecule has 3 heteroatoms. The van der Waals surface area contributed by atoms with E-state index in [1.807, 2.05) is 12.4 Å². The molecule has 1 aromatic heterocycles. The van der Waals surface area contributed by atoms with Crippen LogP contribution in [0.1, 0.15) is 24.0 Å². The van der Waals surface area contributed by atoms with E-state index in [2.05, 4.69) is 28.6 Å². The Labute approximate surface area is 91.3 Å². The van der Waals surface area contributed by atoms with Crippen molar-refractivity contribution in [3.05, 3.63) is 29.6 Å². The number of nitrogens with one attached hydrogen (secondary N) is 2. The standard InChI is InChI=1S/C12H19N3/c1-10-4-6-14-7-11(10)8-15-12-3-2-5-13-9-12/h4,6-7,12-13,15H,2-3,5,8-9H2,1H3. The maximum atomic E-state index is 4.15. The quantitative estimate of drug-likeness (QED) is 0.779. The largest absolute Gasteiger partial charge is 0.315 e. The lowest BCUT2D eigenvalue weighted by molar-refractivity contribution is 0.388. The first-order chi connectivity index (χ1) is 7.36. The molecule has 0 saturated carbocycles. The highest BCUT2D eigenvalue weighted by atomic mass is 15.0. The normalized spacial score (nSPS) is 21.5. The number of pyridine rings is 1. The van der Waals surface area contributed by atoms with Crippen molar-refractivity contribution in [2.24, 2.45) is 0 Å². The van der Waals surface area contributed by atoms with Gasteiger partial charge in [-0.15, -0.1) is 0 Å². The minimum absolute atomic E-state index is 0.623. The van der Waals surface area contributed by atoms with Gasteiger partial charge in [0.25, 0.3) is 0 Å². The molecule has 2 heterocycles. The van der Waals surface area contributed by atoms with Crippen LogP contribution in [0.15, 0.2) is 18.5 Å². The van der Waals surface area contributed by atoms with Crippen molar-refractivity contribution in [3.63, 3.8) is 0 Å². The van der Waals surface area contributed by atoms with E-state index < -0.39 is 0 Å². The molecule has 2 rings (SSSR count). The van der Waals surface area contributed by atoms with Crippen molar-refractivity contribution in [1.29, 1.82) is 0 Å². The zero-order valence-corrected chi connectivity index (χ0v) is 9.29. The second kappa shape index (κ2) is 5.24. The summed E-state index contributed by atoms with van der Waals surface area (Å²) in [5, 5.41) is 6.98.